The summed E-state index contributed by atoms with van der Waals surface area (Å²) in [6.07, 6.45) is 6.21. The van der Waals surface area contributed by atoms with Crippen molar-refractivity contribution in [2.45, 2.75) is 25.7 Å². The van der Waals surface area contributed by atoms with Gasteiger partial charge in [0, 0.05) is 23.7 Å². The maximum Gasteiger partial charge on any atom is 0.192 e. The fourth-order valence-electron chi connectivity index (χ4n) is 1.95. The van der Waals surface area contributed by atoms with Crippen LogP contribution in [0.5, 0.6) is 0 Å². The molecular weight excluding hydrogens is 262 g/mol. The van der Waals surface area contributed by atoms with Gasteiger partial charge in [0.15, 0.2) is 5.79 Å². The Labute approximate surface area is 118 Å². The van der Waals surface area contributed by atoms with E-state index in [0.29, 0.717) is 24.7 Å². The Kier molecular flexibility index (Phi) is 4.64. The lowest BCUT2D eigenvalue weighted by Gasteiger charge is -2.31. The lowest BCUT2D eigenvalue weighted by Crippen LogP contribution is -2.35. The van der Waals surface area contributed by atoms with E-state index in [1.165, 1.54) is 0 Å². The summed E-state index contributed by atoms with van der Waals surface area (Å²) in [5.41, 5.74) is 7.48. The summed E-state index contributed by atoms with van der Waals surface area (Å²) in [7, 11) is 0. The second-order valence-electron chi connectivity index (χ2n) is 4.41. The van der Waals surface area contributed by atoms with Crippen molar-refractivity contribution >= 4 is 11.6 Å². The molecule has 19 heavy (non-hydrogen) atoms. The zero-order valence-electron chi connectivity index (χ0n) is 10.9. The molecule has 3 nitrogen and oxygen atoms in total. The molecule has 2 N–H and O–H groups in total. The van der Waals surface area contributed by atoms with Crippen molar-refractivity contribution in [1.82, 2.24) is 0 Å². The molecule has 0 radical (unpaired) electrons. The van der Waals surface area contributed by atoms with Crippen LogP contribution in [0.2, 0.25) is 5.02 Å². The van der Waals surface area contributed by atoms with Crippen molar-refractivity contribution in [2.24, 2.45) is 5.73 Å². The van der Waals surface area contributed by atoms with Crippen LogP contribution >= 0.6 is 11.6 Å². The van der Waals surface area contributed by atoms with Gasteiger partial charge in [0.1, 0.15) is 0 Å². The Bertz CT molecular complexity index is 499. The molecule has 0 bridgehead atoms. The third-order valence-corrected chi connectivity index (χ3v) is 3.15. The van der Waals surface area contributed by atoms with Gasteiger partial charge in [-0.15, -0.1) is 0 Å². The third-order valence-electron chi connectivity index (χ3n) is 2.91. The molecular formula is C15H18ClNO2. The Hall–Kier alpha value is -1.29. The average molecular weight is 280 g/mol. The molecule has 0 heterocycles. The van der Waals surface area contributed by atoms with Crippen LogP contribution in [-0.4, -0.2) is 12.4 Å². The van der Waals surface area contributed by atoms with E-state index in [1.54, 1.807) is 0 Å². The normalized spacial score (nSPS) is 22.3. The first-order chi connectivity index (χ1) is 9.13. The highest BCUT2D eigenvalue weighted by atomic mass is 35.5. The van der Waals surface area contributed by atoms with Crippen molar-refractivity contribution in [3.63, 3.8) is 0 Å². The minimum Gasteiger partial charge on any atom is -0.399 e. The van der Waals surface area contributed by atoms with E-state index in [4.69, 9.17) is 26.8 Å². The molecule has 0 saturated carbocycles. The summed E-state index contributed by atoms with van der Waals surface area (Å²) >= 11 is 5.95. The number of nitrogens with two attached hydrogens (primary N) is 1. The van der Waals surface area contributed by atoms with Gasteiger partial charge in [-0.25, -0.2) is 0 Å². The minimum atomic E-state index is -0.722. The molecule has 0 fully saturated rings. The first-order valence-corrected chi connectivity index (χ1v) is 6.68. The lowest BCUT2D eigenvalue weighted by atomic mass is 10.1. The number of ether oxygens (including phenoxy) is 2. The van der Waals surface area contributed by atoms with Gasteiger partial charge in [-0.1, -0.05) is 29.8 Å². The van der Waals surface area contributed by atoms with Crippen molar-refractivity contribution in [2.75, 3.05) is 6.61 Å². The molecule has 0 spiro atoms. The molecule has 0 aliphatic heterocycles. The van der Waals surface area contributed by atoms with Gasteiger partial charge in [0.05, 0.1) is 6.61 Å². The third kappa shape index (κ3) is 3.83. The summed E-state index contributed by atoms with van der Waals surface area (Å²) in [5.74, 6) is -0.722. The van der Waals surface area contributed by atoms with Crippen LogP contribution in [0, 0.1) is 0 Å². The second kappa shape index (κ2) is 6.24. The van der Waals surface area contributed by atoms with Gasteiger partial charge in [-0.3, -0.25) is 0 Å². The Morgan fingerprint density at radius 2 is 2.21 bits per heavy atom. The second-order valence-corrected chi connectivity index (χ2v) is 4.84. The Morgan fingerprint density at radius 3 is 2.84 bits per heavy atom. The number of hydrogen-bond donors (Lipinski definition) is 1. The molecule has 1 aliphatic carbocycles. The smallest absolute Gasteiger partial charge is 0.192 e. The lowest BCUT2D eigenvalue weighted by molar-refractivity contribution is -0.207. The number of rotatable bonds is 5. The molecule has 1 unspecified atom stereocenters. The molecule has 1 aliphatic rings. The Balaban J connectivity index is 2.04. The van der Waals surface area contributed by atoms with E-state index in [2.05, 4.69) is 0 Å². The van der Waals surface area contributed by atoms with Gasteiger partial charge in [-0.2, -0.15) is 0 Å². The van der Waals surface area contributed by atoms with Crippen LogP contribution in [0.25, 0.3) is 0 Å². The monoisotopic (exact) mass is 279 g/mol. The quantitative estimate of drug-likeness (QED) is 0.840. The number of hydrogen-bond acceptors (Lipinski definition) is 3. The fourth-order valence-corrected chi connectivity index (χ4v) is 2.16. The van der Waals surface area contributed by atoms with Gasteiger partial charge < -0.3 is 15.2 Å². The first kappa shape index (κ1) is 14.1. The van der Waals surface area contributed by atoms with E-state index >= 15 is 0 Å². The standard InChI is InChI=1S/C15H18ClNO2/c1-2-18-15(8-6-14(17)7-9-15)19-11-12-4-3-5-13(16)10-12/h3-8,10H,2,9,11,17H2,1H3. The Morgan fingerprint density at radius 1 is 1.37 bits per heavy atom. The minimum absolute atomic E-state index is 0.443. The van der Waals surface area contributed by atoms with Gasteiger partial charge in [0.25, 0.3) is 0 Å². The summed E-state index contributed by atoms with van der Waals surface area (Å²) in [6.45, 7) is 2.96. The first-order valence-electron chi connectivity index (χ1n) is 6.31. The SMILES string of the molecule is CCOC1(OCc2cccc(Cl)c2)C=CC(N)=CC1. The fraction of sp³-hybridized carbons (Fsp3) is 0.333. The van der Waals surface area contributed by atoms with Crippen LogP contribution in [0.15, 0.2) is 48.2 Å². The van der Waals surface area contributed by atoms with Crippen LogP contribution < -0.4 is 5.73 Å². The predicted molar refractivity (Wildman–Crippen MR) is 76.6 cm³/mol. The average Bonchev–Trinajstić information content (AvgIpc) is 2.40. The molecule has 2 rings (SSSR count). The zero-order valence-corrected chi connectivity index (χ0v) is 11.7. The summed E-state index contributed by atoms with van der Waals surface area (Å²) in [5, 5.41) is 0.704. The summed E-state index contributed by atoms with van der Waals surface area (Å²) in [6, 6.07) is 7.61. The van der Waals surface area contributed by atoms with E-state index in [9.17, 15) is 0 Å². The number of benzene rings is 1. The van der Waals surface area contributed by atoms with Crippen LogP contribution in [0.3, 0.4) is 0 Å². The van der Waals surface area contributed by atoms with E-state index < -0.39 is 5.79 Å². The summed E-state index contributed by atoms with van der Waals surface area (Å²) < 4.78 is 11.7. The highest BCUT2D eigenvalue weighted by Crippen LogP contribution is 2.27. The van der Waals surface area contributed by atoms with Gasteiger partial charge in [0.2, 0.25) is 0 Å². The maximum absolute atomic E-state index is 5.95. The molecule has 1 aromatic carbocycles. The van der Waals surface area contributed by atoms with Crippen LogP contribution in [-0.2, 0) is 16.1 Å². The van der Waals surface area contributed by atoms with Crippen molar-refractivity contribution in [3.8, 4) is 0 Å². The predicted octanol–water partition coefficient (Wildman–Crippen LogP) is 3.39. The molecule has 0 aromatic heterocycles. The molecule has 0 saturated heterocycles. The summed E-state index contributed by atoms with van der Waals surface area (Å²) in [4.78, 5) is 0. The van der Waals surface area contributed by atoms with Crippen molar-refractivity contribution < 1.29 is 9.47 Å². The highest BCUT2D eigenvalue weighted by Gasteiger charge is 2.29. The van der Waals surface area contributed by atoms with E-state index in [1.807, 2.05) is 49.4 Å². The molecule has 0 amide bonds. The number of allylic oxidation sites excluding steroid dienone is 1. The van der Waals surface area contributed by atoms with Crippen molar-refractivity contribution in [3.05, 3.63) is 58.8 Å². The molecule has 102 valence electrons. The highest BCUT2D eigenvalue weighted by molar-refractivity contribution is 6.30. The van der Waals surface area contributed by atoms with E-state index in [0.717, 1.165) is 11.3 Å². The molecule has 4 heteroatoms. The topological polar surface area (TPSA) is 44.5 Å². The van der Waals surface area contributed by atoms with Crippen molar-refractivity contribution in [1.29, 1.82) is 0 Å². The maximum atomic E-state index is 5.95. The van der Waals surface area contributed by atoms with Gasteiger partial charge >= 0.3 is 0 Å². The zero-order chi connectivity index (χ0) is 13.7. The van der Waals surface area contributed by atoms with Crippen LogP contribution in [0.4, 0.5) is 0 Å². The van der Waals surface area contributed by atoms with Gasteiger partial charge in [-0.05, 0) is 36.8 Å². The van der Waals surface area contributed by atoms with Crippen LogP contribution in [0.1, 0.15) is 18.9 Å². The van der Waals surface area contributed by atoms with E-state index in [-0.39, 0.29) is 0 Å². The largest absolute Gasteiger partial charge is 0.399 e. The molecule has 1 atom stereocenters. The number of halogens is 1. The molecule has 1 aromatic rings.